The van der Waals surface area contributed by atoms with Crippen molar-refractivity contribution in [3.8, 4) is 0 Å². The number of para-hydroxylation sites is 1. The summed E-state index contributed by atoms with van der Waals surface area (Å²) in [6, 6.07) is 5.61. The Balaban J connectivity index is 2.84. The molecule has 16 heavy (non-hydrogen) atoms. The van der Waals surface area contributed by atoms with Crippen LogP contribution in [0.1, 0.15) is 23.2 Å². The van der Waals surface area contributed by atoms with Gasteiger partial charge in [0.2, 0.25) is 5.82 Å². The van der Waals surface area contributed by atoms with Crippen LogP contribution in [0.4, 0.5) is 0 Å². The second-order valence-electron chi connectivity index (χ2n) is 3.29. The minimum Gasteiger partial charge on any atom is -0.475 e. The number of carboxylic acids is 1. The van der Waals surface area contributed by atoms with E-state index < -0.39 is 5.97 Å². The molecule has 0 spiro atoms. The Kier molecular flexibility index (Phi) is 2.87. The molecule has 0 bridgehead atoms. The summed E-state index contributed by atoms with van der Waals surface area (Å²) in [5.41, 5.74) is 1.40. The number of rotatable bonds is 2. The van der Waals surface area contributed by atoms with Crippen LogP contribution >= 0.6 is 15.9 Å². The van der Waals surface area contributed by atoms with Crippen LogP contribution in [-0.4, -0.2) is 21.0 Å². The van der Waals surface area contributed by atoms with Crippen LogP contribution in [0.3, 0.4) is 0 Å². The number of nitrogens with zero attached hydrogens (tertiary/aromatic N) is 2. The van der Waals surface area contributed by atoms with E-state index in [2.05, 4.69) is 25.9 Å². The van der Waals surface area contributed by atoms with Gasteiger partial charge in [-0.15, -0.1) is 0 Å². The van der Waals surface area contributed by atoms with Crippen LogP contribution < -0.4 is 0 Å². The zero-order valence-electron chi connectivity index (χ0n) is 8.57. The molecule has 0 aliphatic carbocycles. The Hall–Kier alpha value is -1.49. The zero-order chi connectivity index (χ0) is 11.7. The highest BCUT2D eigenvalue weighted by Crippen LogP contribution is 2.24. The first-order valence-corrected chi connectivity index (χ1v) is 5.61. The molecule has 0 unspecified atom stereocenters. The molecule has 4 nitrogen and oxygen atoms in total. The summed E-state index contributed by atoms with van der Waals surface area (Å²) in [6.07, 6.45) is 0.676. The lowest BCUT2D eigenvalue weighted by Gasteiger charge is -2.05. The van der Waals surface area contributed by atoms with E-state index in [1.807, 2.05) is 25.1 Å². The highest BCUT2D eigenvalue weighted by molar-refractivity contribution is 9.10. The van der Waals surface area contributed by atoms with E-state index in [4.69, 9.17) is 5.11 Å². The van der Waals surface area contributed by atoms with Crippen LogP contribution in [0, 0.1) is 0 Å². The molecule has 2 aromatic rings. The highest BCUT2D eigenvalue weighted by Gasteiger charge is 2.12. The third-order valence-corrected chi connectivity index (χ3v) is 2.92. The van der Waals surface area contributed by atoms with Crippen molar-refractivity contribution in [2.75, 3.05) is 0 Å². The lowest BCUT2D eigenvalue weighted by atomic mass is 10.1. The number of aromatic carboxylic acids is 1. The molecule has 0 atom stereocenters. The minimum atomic E-state index is -1.10. The summed E-state index contributed by atoms with van der Waals surface area (Å²) in [4.78, 5) is 18.9. The standard InChI is InChI=1S/C11H9BrN2O2/c1-2-8-6-4-3-5-7(12)9(6)14-10(13-8)11(15)16/h3-5H,2H2,1H3,(H,15,16). The zero-order valence-corrected chi connectivity index (χ0v) is 10.2. The van der Waals surface area contributed by atoms with Crippen molar-refractivity contribution >= 4 is 32.8 Å². The first-order chi connectivity index (χ1) is 7.63. The molecule has 0 aliphatic heterocycles. The maximum atomic E-state index is 10.9. The van der Waals surface area contributed by atoms with E-state index in [9.17, 15) is 4.79 Å². The van der Waals surface area contributed by atoms with Crippen LogP contribution in [0.15, 0.2) is 22.7 Å². The predicted molar refractivity (Wildman–Crippen MR) is 63.6 cm³/mol. The normalized spacial score (nSPS) is 10.6. The average molecular weight is 281 g/mol. The molecule has 0 fully saturated rings. The lowest BCUT2D eigenvalue weighted by molar-refractivity contribution is 0.0683. The number of hydrogen-bond donors (Lipinski definition) is 1. The van der Waals surface area contributed by atoms with Crippen molar-refractivity contribution in [3.63, 3.8) is 0 Å². The third kappa shape index (κ3) is 1.78. The second kappa shape index (κ2) is 4.17. The molecule has 0 radical (unpaired) electrons. The van der Waals surface area contributed by atoms with Gasteiger partial charge in [-0.3, -0.25) is 0 Å². The smallest absolute Gasteiger partial charge is 0.373 e. The summed E-state index contributed by atoms with van der Waals surface area (Å²) < 4.78 is 0.782. The number of hydrogen-bond acceptors (Lipinski definition) is 3. The largest absolute Gasteiger partial charge is 0.475 e. The molecule has 2 rings (SSSR count). The molecule has 0 amide bonds. The molecule has 82 valence electrons. The van der Waals surface area contributed by atoms with Crippen molar-refractivity contribution in [1.29, 1.82) is 0 Å². The molecule has 5 heteroatoms. The Bertz CT molecular complexity index is 569. The molecule has 0 aliphatic rings. The molecular formula is C11H9BrN2O2. The van der Waals surface area contributed by atoms with Crippen molar-refractivity contribution in [1.82, 2.24) is 9.97 Å². The number of benzene rings is 1. The van der Waals surface area contributed by atoms with Crippen molar-refractivity contribution in [2.24, 2.45) is 0 Å². The Morgan fingerprint density at radius 2 is 2.19 bits per heavy atom. The van der Waals surface area contributed by atoms with E-state index in [1.165, 1.54) is 0 Å². The predicted octanol–water partition coefficient (Wildman–Crippen LogP) is 2.65. The van der Waals surface area contributed by atoms with Crippen LogP contribution in [-0.2, 0) is 6.42 Å². The van der Waals surface area contributed by atoms with Gasteiger partial charge in [0.15, 0.2) is 0 Å². The first kappa shape index (κ1) is 11.0. The Morgan fingerprint density at radius 3 is 2.81 bits per heavy atom. The lowest BCUT2D eigenvalue weighted by Crippen LogP contribution is -2.07. The maximum absolute atomic E-state index is 10.9. The van der Waals surface area contributed by atoms with Crippen molar-refractivity contribution in [3.05, 3.63) is 34.2 Å². The number of aryl methyl sites for hydroxylation is 1. The fraction of sp³-hybridized carbons (Fsp3) is 0.182. The fourth-order valence-corrected chi connectivity index (χ4v) is 2.00. The molecular weight excluding hydrogens is 272 g/mol. The van der Waals surface area contributed by atoms with Gasteiger partial charge in [0.25, 0.3) is 0 Å². The van der Waals surface area contributed by atoms with Gasteiger partial charge in [-0.25, -0.2) is 14.8 Å². The van der Waals surface area contributed by atoms with Crippen molar-refractivity contribution < 1.29 is 9.90 Å². The quantitative estimate of drug-likeness (QED) is 0.919. The van der Waals surface area contributed by atoms with E-state index in [0.29, 0.717) is 11.9 Å². The van der Waals surface area contributed by atoms with Gasteiger partial charge >= 0.3 is 5.97 Å². The third-order valence-electron chi connectivity index (χ3n) is 2.28. The first-order valence-electron chi connectivity index (χ1n) is 4.82. The van der Waals surface area contributed by atoms with Gasteiger partial charge in [0.05, 0.1) is 11.2 Å². The maximum Gasteiger partial charge on any atom is 0.373 e. The van der Waals surface area contributed by atoms with E-state index in [0.717, 1.165) is 15.6 Å². The summed E-state index contributed by atoms with van der Waals surface area (Å²) in [5, 5.41) is 9.81. The summed E-state index contributed by atoms with van der Waals surface area (Å²) in [6.45, 7) is 1.94. The SMILES string of the molecule is CCc1nc(C(=O)O)nc2c(Br)cccc12. The van der Waals surface area contributed by atoms with Gasteiger partial charge < -0.3 is 5.11 Å². The van der Waals surface area contributed by atoms with Gasteiger partial charge in [0, 0.05) is 9.86 Å². The average Bonchev–Trinajstić information content (AvgIpc) is 2.28. The number of halogens is 1. The highest BCUT2D eigenvalue weighted by atomic mass is 79.9. The fourth-order valence-electron chi connectivity index (χ4n) is 1.55. The van der Waals surface area contributed by atoms with E-state index in [-0.39, 0.29) is 5.82 Å². The number of carboxylic acid groups (broad SMARTS) is 1. The molecule has 1 N–H and O–H groups in total. The Morgan fingerprint density at radius 1 is 1.44 bits per heavy atom. The van der Waals surface area contributed by atoms with E-state index in [1.54, 1.807) is 0 Å². The van der Waals surface area contributed by atoms with Gasteiger partial charge in [-0.2, -0.15) is 0 Å². The van der Waals surface area contributed by atoms with Crippen LogP contribution in [0.5, 0.6) is 0 Å². The number of aromatic nitrogens is 2. The summed E-state index contributed by atoms with van der Waals surface area (Å²) in [5.74, 6) is -1.26. The summed E-state index contributed by atoms with van der Waals surface area (Å²) >= 11 is 3.36. The summed E-state index contributed by atoms with van der Waals surface area (Å²) in [7, 11) is 0. The van der Waals surface area contributed by atoms with Gasteiger partial charge in [0.1, 0.15) is 0 Å². The van der Waals surface area contributed by atoms with Gasteiger partial charge in [-0.05, 0) is 28.4 Å². The Labute approximate surface area is 100 Å². The van der Waals surface area contributed by atoms with Crippen molar-refractivity contribution in [2.45, 2.75) is 13.3 Å². The molecule has 0 saturated carbocycles. The van der Waals surface area contributed by atoms with E-state index >= 15 is 0 Å². The molecule has 0 saturated heterocycles. The molecule has 1 aromatic carbocycles. The minimum absolute atomic E-state index is 0.156. The molecule has 1 heterocycles. The molecule has 1 aromatic heterocycles. The topological polar surface area (TPSA) is 63.1 Å². The van der Waals surface area contributed by atoms with Crippen LogP contribution in [0.2, 0.25) is 0 Å². The number of carbonyl (C=O) groups is 1. The van der Waals surface area contributed by atoms with Gasteiger partial charge in [-0.1, -0.05) is 19.1 Å². The monoisotopic (exact) mass is 280 g/mol. The second-order valence-corrected chi connectivity index (χ2v) is 4.14. The number of fused-ring (bicyclic) bond motifs is 1. The van der Waals surface area contributed by atoms with Crippen LogP contribution in [0.25, 0.3) is 10.9 Å².